The summed E-state index contributed by atoms with van der Waals surface area (Å²) in [5.74, 6) is 0.153. The summed E-state index contributed by atoms with van der Waals surface area (Å²) in [6.07, 6.45) is 3.06. The average Bonchev–Trinajstić information content (AvgIpc) is 2.99. The fourth-order valence-corrected chi connectivity index (χ4v) is 3.32. The highest BCUT2D eigenvalue weighted by Gasteiger charge is 2.26. The quantitative estimate of drug-likeness (QED) is 0.773. The predicted octanol–water partition coefficient (Wildman–Crippen LogP) is 3.85. The summed E-state index contributed by atoms with van der Waals surface area (Å²) < 4.78 is 3.15. The molecule has 1 saturated heterocycles. The second kappa shape index (κ2) is 4.84. The van der Waals surface area contributed by atoms with Crippen LogP contribution in [0.3, 0.4) is 0 Å². The van der Waals surface area contributed by atoms with Crippen molar-refractivity contribution in [2.24, 2.45) is 0 Å². The molecule has 5 heteroatoms. The van der Waals surface area contributed by atoms with Crippen molar-refractivity contribution in [3.63, 3.8) is 0 Å². The lowest BCUT2D eigenvalue weighted by molar-refractivity contribution is -0.127. The van der Waals surface area contributed by atoms with Gasteiger partial charge in [-0.1, -0.05) is 11.6 Å². The van der Waals surface area contributed by atoms with E-state index < -0.39 is 0 Å². The first kappa shape index (κ1) is 13.0. The molecule has 1 aliphatic rings. The summed E-state index contributed by atoms with van der Waals surface area (Å²) in [6, 6.07) is 6.43. The standard InChI is InChI=1S/C14H14BrClN2O/c1-9(19)17-6-4-10(8-17)18-7-5-11-13(18)3-2-12(15)14(11)16/h2-3,5,7,10H,4,6,8H2,1H3. The van der Waals surface area contributed by atoms with Gasteiger partial charge in [0.25, 0.3) is 0 Å². The van der Waals surface area contributed by atoms with E-state index in [1.54, 1.807) is 6.92 Å². The predicted molar refractivity (Wildman–Crippen MR) is 80.6 cm³/mol. The third kappa shape index (κ3) is 2.17. The Bertz CT molecular complexity index is 652. The Kier molecular flexibility index (Phi) is 3.31. The number of rotatable bonds is 1. The van der Waals surface area contributed by atoms with Crippen LogP contribution in [0.4, 0.5) is 0 Å². The Labute approximate surface area is 125 Å². The van der Waals surface area contributed by atoms with Crippen LogP contribution in [0.5, 0.6) is 0 Å². The van der Waals surface area contributed by atoms with E-state index in [-0.39, 0.29) is 5.91 Å². The molecule has 2 heterocycles. The topological polar surface area (TPSA) is 25.2 Å². The van der Waals surface area contributed by atoms with Crippen LogP contribution >= 0.6 is 27.5 Å². The van der Waals surface area contributed by atoms with Crippen molar-refractivity contribution in [2.75, 3.05) is 13.1 Å². The van der Waals surface area contributed by atoms with Gasteiger partial charge in [-0.15, -0.1) is 0 Å². The van der Waals surface area contributed by atoms with Crippen LogP contribution in [0, 0.1) is 0 Å². The molecular formula is C14H14BrClN2O. The minimum atomic E-state index is 0.153. The summed E-state index contributed by atoms with van der Waals surface area (Å²) >= 11 is 9.74. The fourth-order valence-electron chi connectivity index (χ4n) is 2.75. The maximum Gasteiger partial charge on any atom is 0.219 e. The van der Waals surface area contributed by atoms with Crippen LogP contribution in [-0.4, -0.2) is 28.5 Å². The van der Waals surface area contributed by atoms with Gasteiger partial charge in [0, 0.05) is 41.6 Å². The molecule has 1 aromatic carbocycles. The van der Waals surface area contributed by atoms with Gasteiger partial charge in [0.15, 0.2) is 0 Å². The molecule has 0 N–H and O–H groups in total. The molecule has 19 heavy (non-hydrogen) atoms. The van der Waals surface area contributed by atoms with Crippen molar-refractivity contribution in [3.05, 3.63) is 33.9 Å². The van der Waals surface area contributed by atoms with Crippen LogP contribution < -0.4 is 0 Å². The van der Waals surface area contributed by atoms with Gasteiger partial charge in [0.1, 0.15) is 0 Å². The molecular weight excluding hydrogens is 328 g/mol. The average molecular weight is 342 g/mol. The van der Waals surface area contributed by atoms with E-state index in [9.17, 15) is 4.79 Å². The number of hydrogen-bond donors (Lipinski definition) is 0. The van der Waals surface area contributed by atoms with E-state index in [0.717, 1.165) is 39.9 Å². The zero-order valence-electron chi connectivity index (χ0n) is 10.6. The number of hydrogen-bond acceptors (Lipinski definition) is 1. The molecule has 1 amide bonds. The normalized spacial score (nSPS) is 19.3. The second-order valence-corrected chi connectivity index (χ2v) is 6.16. The zero-order chi connectivity index (χ0) is 13.6. The first-order valence-corrected chi connectivity index (χ1v) is 7.45. The number of amides is 1. The third-order valence-corrected chi connectivity index (χ3v) is 5.09. The maximum atomic E-state index is 11.4. The molecule has 0 radical (unpaired) electrons. The Balaban J connectivity index is 1.99. The second-order valence-electron chi connectivity index (χ2n) is 4.92. The highest BCUT2D eigenvalue weighted by molar-refractivity contribution is 9.10. The molecule has 1 unspecified atom stereocenters. The number of aromatic nitrogens is 1. The van der Waals surface area contributed by atoms with E-state index in [1.807, 2.05) is 17.0 Å². The third-order valence-electron chi connectivity index (χ3n) is 3.79. The molecule has 3 nitrogen and oxygen atoms in total. The first-order chi connectivity index (χ1) is 9.08. The Morgan fingerprint density at radius 1 is 1.42 bits per heavy atom. The maximum absolute atomic E-state index is 11.4. The Morgan fingerprint density at radius 3 is 2.89 bits per heavy atom. The molecule has 1 aliphatic heterocycles. The molecule has 0 saturated carbocycles. The molecule has 3 rings (SSSR count). The number of benzene rings is 1. The van der Waals surface area contributed by atoms with E-state index in [4.69, 9.17) is 11.6 Å². The van der Waals surface area contributed by atoms with Gasteiger partial charge in [-0.3, -0.25) is 4.79 Å². The number of nitrogens with zero attached hydrogens (tertiary/aromatic N) is 2. The lowest BCUT2D eigenvalue weighted by Crippen LogP contribution is -2.26. The molecule has 1 atom stereocenters. The van der Waals surface area contributed by atoms with Crippen molar-refractivity contribution in [2.45, 2.75) is 19.4 Å². The van der Waals surface area contributed by atoms with Crippen molar-refractivity contribution in [3.8, 4) is 0 Å². The lowest BCUT2D eigenvalue weighted by Gasteiger charge is -2.16. The summed E-state index contributed by atoms with van der Waals surface area (Å²) in [7, 11) is 0. The molecule has 0 bridgehead atoms. The molecule has 1 aromatic heterocycles. The van der Waals surface area contributed by atoms with Gasteiger partial charge >= 0.3 is 0 Å². The molecule has 0 aliphatic carbocycles. The number of carbonyl (C=O) groups excluding carboxylic acids is 1. The monoisotopic (exact) mass is 340 g/mol. The number of fused-ring (bicyclic) bond motifs is 1. The molecule has 100 valence electrons. The fraction of sp³-hybridized carbons (Fsp3) is 0.357. The number of carbonyl (C=O) groups is 1. The van der Waals surface area contributed by atoms with Gasteiger partial charge in [-0.05, 0) is 40.5 Å². The lowest BCUT2D eigenvalue weighted by atomic mass is 10.2. The van der Waals surface area contributed by atoms with Crippen LogP contribution in [0.2, 0.25) is 5.02 Å². The molecule has 1 fully saturated rings. The van der Waals surface area contributed by atoms with E-state index in [2.05, 4.69) is 32.8 Å². The highest BCUT2D eigenvalue weighted by atomic mass is 79.9. The smallest absolute Gasteiger partial charge is 0.219 e. The summed E-state index contributed by atoms with van der Waals surface area (Å²) in [4.78, 5) is 13.3. The van der Waals surface area contributed by atoms with Crippen molar-refractivity contribution in [1.29, 1.82) is 0 Å². The zero-order valence-corrected chi connectivity index (χ0v) is 12.9. The van der Waals surface area contributed by atoms with Crippen molar-refractivity contribution in [1.82, 2.24) is 9.47 Å². The van der Waals surface area contributed by atoms with E-state index in [1.165, 1.54) is 0 Å². The Morgan fingerprint density at radius 2 is 2.21 bits per heavy atom. The SMILES string of the molecule is CC(=O)N1CCC(n2ccc3c(Cl)c(Br)ccc32)C1. The molecule has 2 aromatic rings. The minimum Gasteiger partial charge on any atom is -0.343 e. The van der Waals surface area contributed by atoms with Gasteiger partial charge < -0.3 is 9.47 Å². The van der Waals surface area contributed by atoms with Crippen molar-refractivity contribution < 1.29 is 4.79 Å². The van der Waals surface area contributed by atoms with Gasteiger partial charge in [-0.25, -0.2) is 0 Å². The highest BCUT2D eigenvalue weighted by Crippen LogP contribution is 2.34. The van der Waals surface area contributed by atoms with Crippen LogP contribution in [0.25, 0.3) is 10.9 Å². The van der Waals surface area contributed by atoms with Crippen LogP contribution in [0.15, 0.2) is 28.9 Å². The number of likely N-dealkylation sites (tertiary alicyclic amines) is 1. The van der Waals surface area contributed by atoms with Crippen LogP contribution in [0.1, 0.15) is 19.4 Å². The first-order valence-electron chi connectivity index (χ1n) is 6.28. The van der Waals surface area contributed by atoms with Crippen molar-refractivity contribution >= 4 is 44.3 Å². The largest absolute Gasteiger partial charge is 0.343 e. The molecule has 0 spiro atoms. The van der Waals surface area contributed by atoms with Crippen LogP contribution in [-0.2, 0) is 4.79 Å². The van der Waals surface area contributed by atoms with Gasteiger partial charge in [-0.2, -0.15) is 0 Å². The number of halogens is 2. The van der Waals surface area contributed by atoms with Gasteiger partial charge in [0.05, 0.1) is 11.1 Å². The Hall–Kier alpha value is -1.000. The summed E-state index contributed by atoms with van der Waals surface area (Å²) in [5, 5.41) is 1.80. The van der Waals surface area contributed by atoms with Gasteiger partial charge in [0.2, 0.25) is 5.91 Å². The summed E-state index contributed by atoms with van der Waals surface area (Å²) in [5.41, 5.74) is 1.13. The van der Waals surface area contributed by atoms with E-state index in [0.29, 0.717) is 6.04 Å². The van der Waals surface area contributed by atoms with E-state index >= 15 is 0 Å². The minimum absolute atomic E-state index is 0.153. The summed E-state index contributed by atoms with van der Waals surface area (Å²) in [6.45, 7) is 3.25.